The lowest BCUT2D eigenvalue weighted by Gasteiger charge is -2.14. The van der Waals surface area contributed by atoms with Gasteiger partial charge in [-0.15, -0.1) is 0 Å². The number of anilines is 1. The maximum Gasteiger partial charge on any atom is 0.133 e. The van der Waals surface area contributed by atoms with E-state index in [4.69, 9.17) is 5.11 Å². The molecular formula is C12H21N3O2. The van der Waals surface area contributed by atoms with E-state index in [0.717, 1.165) is 17.2 Å². The van der Waals surface area contributed by atoms with Crippen LogP contribution in [-0.2, 0) is 0 Å². The molecule has 0 spiro atoms. The molecule has 5 nitrogen and oxygen atoms in total. The van der Waals surface area contributed by atoms with Gasteiger partial charge < -0.3 is 15.5 Å². The van der Waals surface area contributed by atoms with Crippen LogP contribution < -0.4 is 5.32 Å². The fourth-order valence-electron chi connectivity index (χ4n) is 1.49. The lowest BCUT2D eigenvalue weighted by atomic mass is 10.1. The largest absolute Gasteiger partial charge is 0.394 e. The Bertz CT molecular complexity index is 356. The van der Waals surface area contributed by atoms with Crippen LogP contribution in [0, 0.1) is 6.92 Å². The van der Waals surface area contributed by atoms with Crippen LogP contribution in [0.5, 0.6) is 0 Å². The van der Waals surface area contributed by atoms with E-state index >= 15 is 0 Å². The van der Waals surface area contributed by atoms with Crippen LogP contribution >= 0.6 is 0 Å². The molecule has 1 atom stereocenters. The summed E-state index contributed by atoms with van der Waals surface area (Å²) in [5.74, 6) is 1.89. The van der Waals surface area contributed by atoms with Crippen molar-refractivity contribution in [3.05, 3.63) is 17.6 Å². The topological polar surface area (TPSA) is 78.3 Å². The summed E-state index contributed by atoms with van der Waals surface area (Å²) in [7, 11) is 0. The average Bonchev–Trinajstić information content (AvgIpc) is 2.28. The third kappa shape index (κ3) is 4.28. The van der Waals surface area contributed by atoms with Crippen LogP contribution in [0.15, 0.2) is 6.20 Å². The van der Waals surface area contributed by atoms with Gasteiger partial charge in [0.1, 0.15) is 11.6 Å². The van der Waals surface area contributed by atoms with Gasteiger partial charge in [0.05, 0.1) is 12.7 Å². The molecule has 0 unspecified atom stereocenters. The lowest BCUT2D eigenvalue weighted by Crippen LogP contribution is -2.18. The van der Waals surface area contributed by atoms with Crippen molar-refractivity contribution >= 4 is 5.82 Å². The molecule has 1 aromatic heterocycles. The zero-order valence-corrected chi connectivity index (χ0v) is 10.6. The maximum atomic E-state index is 9.25. The normalized spacial score (nSPS) is 12.8. The summed E-state index contributed by atoms with van der Waals surface area (Å²) >= 11 is 0. The quantitative estimate of drug-likeness (QED) is 0.692. The molecule has 17 heavy (non-hydrogen) atoms. The Hall–Kier alpha value is -1.20. The molecule has 1 rings (SSSR count). The minimum absolute atomic E-state index is 0.207. The summed E-state index contributed by atoms with van der Waals surface area (Å²) in [6, 6.07) is 0. The zero-order valence-electron chi connectivity index (χ0n) is 10.6. The third-order valence-corrected chi connectivity index (χ3v) is 2.54. The van der Waals surface area contributed by atoms with Crippen LogP contribution in [0.3, 0.4) is 0 Å². The van der Waals surface area contributed by atoms with Crippen molar-refractivity contribution < 1.29 is 10.2 Å². The summed E-state index contributed by atoms with van der Waals surface area (Å²) in [6.45, 7) is 6.39. The number of nitrogens with zero attached hydrogens (tertiary/aromatic N) is 2. The van der Waals surface area contributed by atoms with Crippen LogP contribution in [0.2, 0.25) is 0 Å². The van der Waals surface area contributed by atoms with Crippen LogP contribution in [-0.4, -0.2) is 39.4 Å². The van der Waals surface area contributed by atoms with E-state index in [1.54, 1.807) is 0 Å². The van der Waals surface area contributed by atoms with Crippen LogP contribution in [0.25, 0.3) is 0 Å². The van der Waals surface area contributed by atoms with Gasteiger partial charge in [0.15, 0.2) is 0 Å². The van der Waals surface area contributed by atoms with E-state index in [1.807, 2.05) is 13.1 Å². The van der Waals surface area contributed by atoms with E-state index in [1.165, 1.54) is 0 Å². The molecule has 0 aromatic carbocycles. The molecule has 0 fully saturated rings. The van der Waals surface area contributed by atoms with Gasteiger partial charge in [-0.1, -0.05) is 13.8 Å². The summed E-state index contributed by atoms with van der Waals surface area (Å²) in [5, 5.41) is 21.1. The Morgan fingerprint density at radius 2 is 2.12 bits per heavy atom. The first-order valence-electron chi connectivity index (χ1n) is 5.91. The predicted molar refractivity (Wildman–Crippen MR) is 67.1 cm³/mol. The number of hydrogen-bond donors (Lipinski definition) is 3. The number of hydrogen-bond acceptors (Lipinski definition) is 5. The first-order valence-corrected chi connectivity index (χ1v) is 5.91. The second kappa shape index (κ2) is 6.51. The van der Waals surface area contributed by atoms with Gasteiger partial charge >= 0.3 is 0 Å². The van der Waals surface area contributed by atoms with Gasteiger partial charge in [-0.3, -0.25) is 0 Å². The number of nitrogens with one attached hydrogen (secondary N) is 1. The van der Waals surface area contributed by atoms with Gasteiger partial charge in [0.2, 0.25) is 0 Å². The molecule has 0 radical (unpaired) electrons. The first kappa shape index (κ1) is 13.9. The Labute approximate surface area is 102 Å². The Kier molecular flexibility index (Phi) is 5.31. The van der Waals surface area contributed by atoms with Crippen molar-refractivity contribution in [3.63, 3.8) is 0 Å². The van der Waals surface area contributed by atoms with Gasteiger partial charge in [0.25, 0.3) is 0 Å². The summed E-state index contributed by atoms with van der Waals surface area (Å²) in [6.07, 6.45) is 1.66. The molecule has 0 aliphatic carbocycles. The van der Waals surface area contributed by atoms with Crippen molar-refractivity contribution in [2.24, 2.45) is 0 Å². The summed E-state index contributed by atoms with van der Waals surface area (Å²) in [5.41, 5.74) is 1.06. The van der Waals surface area contributed by atoms with E-state index in [0.29, 0.717) is 18.9 Å². The van der Waals surface area contributed by atoms with Gasteiger partial charge in [0, 0.05) is 18.3 Å². The fourth-order valence-corrected chi connectivity index (χ4v) is 1.49. The minimum atomic E-state index is -0.673. The highest BCUT2D eigenvalue weighted by Crippen LogP contribution is 2.21. The lowest BCUT2D eigenvalue weighted by molar-refractivity contribution is 0.0911. The molecule has 1 aromatic rings. The number of rotatable bonds is 6. The monoisotopic (exact) mass is 239 g/mol. The molecule has 0 aliphatic heterocycles. The second-order valence-corrected chi connectivity index (χ2v) is 4.43. The second-order valence-electron chi connectivity index (χ2n) is 4.43. The van der Waals surface area contributed by atoms with Crippen molar-refractivity contribution in [1.82, 2.24) is 9.97 Å². The molecule has 3 N–H and O–H groups in total. The molecule has 0 saturated carbocycles. The highest BCUT2D eigenvalue weighted by Gasteiger charge is 2.09. The number of aryl methyl sites for hydroxylation is 1. The fraction of sp³-hybridized carbons (Fsp3) is 0.667. The van der Waals surface area contributed by atoms with Crippen molar-refractivity contribution in [3.8, 4) is 0 Å². The Morgan fingerprint density at radius 3 is 2.71 bits per heavy atom. The molecular weight excluding hydrogens is 218 g/mol. The van der Waals surface area contributed by atoms with E-state index in [2.05, 4.69) is 29.1 Å². The van der Waals surface area contributed by atoms with E-state index in [-0.39, 0.29) is 6.61 Å². The van der Waals surface area contributed by atoms with Gasteiger partial charge in [-0.2, -0.15) is 0 Å². The SMILES string of the molecule is Cc1ncc(C(C)C)c(NCC[C@H](O)CO)n1. The van der Waals surface area contributed by atoms with Crippen molar-refractivity contribution in [2.45, 2.75) is 39.2 Å². The van der Waals surface area contributed by atoms with Crippen LogP contribution in [0.4, 0.5) is 5.82 Å². The number of aliphatic hydroxyl groups is 2. The standard InChI is InChI=1S/C12H21N3O2/c1-8(2)11-6-14-9(3)15-12(11)13-5-4-10(17)7-16/h6,8,10,16-17H,4-5,7H2,1-3H3,(H,13,14,15)/t10-/m0/s1. The zero-order chi connectivity index (χ0) is 12.8. The van der Waals surface area contributed by atoms with E-state index < -0.39 is 6.10 Å². The van der Waals surface area contributed by atoms with Crippen molar-refractivity contribution in [2.75, 3.05) is 18.5 Å². The smallest absolute Gasteiger partial charge is 0.133 e. The molecule has 5 heteroatoms. The van der Waals surface area contributed by atoms with Crippen LogP contribution in [0.1, 0.15) is 37.6 Å². The first-order chi connectivity index (χ1) is 8.04. The maximum absolute atomic E-state index is 9.25. The average molecular weight is 239 g/mol. The molecule has 1 heterocycles. The molecule has 96 valence electrons. The minimum Gasteiger partial charge on any atom is -0.394 e. The highest BCUT2D eigenvalue weighted by molar-refractivity contribution is 5.44. The molecule has 0 amide bonds. The van der Waals surface area contributed by atoms with E-state index in [9.17, 15) is 5.11 Å². The van der Waals surface area contributed by atoms with Gasteiger partial charge in [-0.05, 0) is 19.3 Å². The Morgan fingerprint density at radius 1 is 1.41 bits per heavy atom. The van der Waals surface area contributed by atoms with Crippen molar-refractivity contribution in [1.29, 1.82) is 0 Å². The molecule has 0 bridgehead atoms. The van der Waals surface area contributed by atoms with Gasteiger partial charge in [-0.25, -0.2) is 9.97 Å². The molecule has 0 aliphatic rings. The third-order valence-electron chi connectivity index (χ3n) is 2.54. The highest BCUT2D eigenvalue weighted by atomic mass is 16.3. The summed E-state index contributed by atoms with van der Waals surface area (Å²) in [4.78, 5) is 8.53. The predicted octanol–water partition coefficient (Wildman–Crippen LogP) is 1.06. The molecule has 0 saturated heterocycles. The summed E-state index contributed by atoms with van der Waals surface area (Å²) < 4.78 is 0. The number of aliphatic hydroxyl groups excluding tert-OH is 2. The Balaban J connectivity index is 2.65. The number of aromatic nitrogens is 2.